The van der Waals surface area contributed by atoms with Crippen molar-refractivity contribution in [3.05, 3.63) is 58.6 Å². The maximum atomic E-state index is 5.43. The molecular formula is C17H16N4O2S. The lowest BCUT2D eigenvalue weighted by molar-refractivity contribution is 0.354. The number of nitrogens with one attached hydrogen (secondary N) is 1. The molecule has 3 aromatic rings. The first-order chi connectivity index (χ1) is 11.8. The van der Waals surface area contributed by atoms with Gasteiger partial charge in [0.2, 0.25) is 5.95 Å². The topological polar surface area (TPSA) is 61.2 Å². The van der Waals surface area contributed by atoms with E-state index < -0.39 is 0 Å². The Morgan fingerprint density at radius 3 is 2.79 bits per heavy atom. The zero-order chi connectivity index (χ0) is 16.5. The molecule has 0 saturated carbocycles. The Hall–Kier alpha value is -2.80. The molecule has 1 aromatic carbocycles. The van der Waals surface area contributed by atoms with E-state index in [9.17, 15) is 0 Å². The average molecular weight is 340 g/mol. The lowest BCUT2D eigenvalue weighted by atomic mass is 10.0. The second-order valence-corrected chi connectivity index (χ2v) is 6.22. The van der Waals surface area contributed by atoms with Gasteiger partial charge in [-0.2, -0.15) is 10.1 Å². The predicted octanol–water partition coefficient (Wildman–Crippen LogP) is 3.41. The molecule has 1 unspecified atom stereocenters. The standard InChI is InChI=1S/C17H16N4O2S/c1-22-14-6-5-11(8-15(14)23-2)13-9-12(16-4-3-7-24-16)20-17-18-10-19-21(13)17/h3-10,13H,1-2H3,(H,18,19,20). The van der Waals surface area contributed by atoms with E-state index >= 15 is 0 Å². The first kappa shape index (κ1) is 14.8. The van der Waals surface area contributed by atoms with Crippen LogP contribution in [0.3, 0.4) is 0 Å². The van der Waals surface area contributed by atoms with Crippen LogP contribution in [0.2, 0.25) is 0 Å². The Balaban J connectivity index is 1.81. The molecule has 0 amide bonds. The number of benzene rings is 1. The second-order valence-electron chi connectivity index (χ2n) is 5.27. The quantitative estimate of drug-likeness (QED) is 0.788. The number of ether oxygens (including phenoxy) is 2. The predicted molar refractivity (Wildman–Crippen MR) is 93.6 cm³/mol. The first-order valence-corrected chi connectivity index (χ1v) is 8.32. The van der Waals surface area contributed by atoms with Crippen LogP contribution >= 0.6 is 11.3 Å². The number of anilines is 1. The Bertz CT molecular complexity index is 886. The van der Waals surface area contributed by atoms with E-state index in [0.29, 0.717) is 11.5 Å². The molecule has 7 heteroatoms. The van der Waals surface area contributed by atoms with E-state index in [1.807, 2.05) is 28.9 Å². The fourth-order valence-electron chi connectivity index (χ4n) is 2.78. The number of hydrogen-bond acceptors (Lipinski definition) is 6. The van der Waals surface area contributed by atoms with Gasteiger partial charge in [0.1, 0.15) is 12.4 Å². The number of hydrogen-bond donors (Lipinski definition) is 1. The van der Waals surface area contributed by atoms with E-state index in [4.69, 9.17) is 9.47 Å². The summed E-state index contributed by atoms with van der Waals surface area (Å²) in [5.41, 5.74) is 2.08. The molecule has 0 spiro atoms. The van der Waals surface area contributed by atoms with Crippen molar-refractivity contribution in [1.29, 1.82) is 0 Å². The van der Waals surface area contributed by atoms with Gasteiger partial charge in [0.05, 0.1) is 24.8 Å². The highest BCUT2D eigenvalue weighted by Gasteiger charge is 2.24. The van der Waals surface area contributed by atoms with E-state index in [-0.39, 0.29) is 6.04 Å². The van der Waals surface area contributed by atoms with E-state index in [0.717, 1.165) is 22.1 Å². The Morgan fingerprint density at radius 1 is 1.17 bits per heavy atom. The van der Waals surface area contributed by atoms with Crippen molar-refractivity contribution in [3.8, 4) is 11.5 Å². The van der Waals surface area contributed by atoms with Crippen molar-refractivity contribution in [2.45, 2.75) is 6.04 Å². The zero-order valence-electron chi connectivity index (χ0n) is 13.3. The summed E-state index contributed by atoms with van der Waals surface area (Å²) < 4.78 is 12.6. The summed E-state index contributed by atoms with van der Waals surface area (Å²) in [5.74, 6) is 2.12. The smallest absolute Gasteiger partial charge is 0.226 e. The average Bonchev–Trinajstić information content (AvgIpc) is 3.31. The molecule has 1 atom stereocenters. The molecule has 0 saturated heterocycles. The molecule has 6 nitrogen and oxygen atoms in total. The third-order valence-electron chi connectivity index (χ3n) is 3.94. The van der Waals surface area contributed by atoms with Crippen molar-refractivity contribution >= 4 is 23.0 Å². The number of rotatable bonds is 4. The Labute approximate surface area is 143 Å². The van der Waals surface area contributed by atoms with Crippen molar-refractivity contribution < 1.29 is 9.47 Å². The minimum atomic E-state index is -0.0688. The Morgan fingerprint density at radius 2 is 2.04 bits per heavy atom. The van der Waals surface area contributed by atoms with E-state index in [1.165, 1.54) is 0 Å². The molecule has 0 bridgehead atoms. The van der Waals surface area contributed by atoms with E-state index in [1.54, 1.807) is 31.9 Å². The van der Waals surface area contributed by atoms with Gasteiger partial charge in [-0.1, -0.05) is 12.1 Å². The summed E-state index contributed by atoms with van der Waals surface area (Å²) in [6.45, 7) is 0. The molecule has 122 valence electrons. The van der Waals surface area contributed by atoms with Crippen LogP contribution < -0.4 is 14.8 Å². The highest BCUT2D eigenvalue weighted by Crippen LogP contribution is 2.36. The summed E-state index contributed by atoms with van der Waals surface area (Å²) in [4.78, 5) is 5.48. The van der Waals surface area contributed by atoms with Gasteiger partial charge in [0, 0.05) is 0 Å². The van der Waals surface area contributed by atoms with Crippen molar-refractivity contribution in [1.82, 2.24) is 14.8 Å². The number of aromatic nitrogens is 3. The van der Waals surface area contributed by atoms with Crippen molar-refractivity contribution in [3.63, 3.8) is 0 Å². The van der Waals surface area contributed by atoms with Gasteiger partial charge in [0.15, 0.2) is 11.5 Å². The molecule has 24 heavy (non-hydrogen) atoms. The molecule has 4 rings (SSSR count). The van der Waals surface area contributed by atoms with Crippen LogP contribution in [0.25, 0.3) is 5.70 Å². The van der Waals surface area contributed by atoms with Crippen LogP contribution in [-0.2, 0) is 0 Å². The third kappa shape index (κ3) is 2.43. The van der Waals surface area contributed by atoms with Gasteiger partial charge in [-0.3, -0.25) is 0 Å². The van der Waals surface area contributed by atoms with Gasteiger partial charge in [-0.15, -0.1) is 11.3 Å². The molecule has 1 aliphatic rings. The molecule has 3 heterocycles. The van der Waals surface area contributed by atoms with Gasteiger partial charge in [-0.25, -0.2) is 4.68 Å². The highest BCUT2D eigenvalue weighted by molar-refractivity contribution is 7.11. The summed E-state index contributed by atoms with van der Waals surface area (Å²) in [6, 6.07) is 9.95. The number of allylic oxidation sites excluding steroid dienone is 1. The number of methoxy groups -OCH3 is 2. The monoisotopic (exact) mass is 340 g/mol. The summed E-state index contributed by atoms with van der Waals surface area (Å²) >= 11 is 1.68. The SMILES string of the molecule is COc1ccc(C2C=C(c3cccs3)Nc3ncnn32)cc1OC. The van der Waals surface area contributed by atoms with Gasteiger partial charge in [-0.05, 0) is 35.2 Å². The fraction of sp³-hybridized carbons (Fsp3) is 0.176. The van der Waals surface area contributed by atoms with Crippen LogP contribution in [0, 0.1) is 0 Å². The van der Waals surface area contributed by atoms with Crippen LogP contribution in [-0.4, -0.2) is 29.0 Å². The van der Waals surface area contributed by atoms with Crippen molar-refractivity contribution in [2.75, 3.05) is 19.5 Å². The molecule has 1 aliphatic heterocycles. The summed E-state index contributed by atoms with van der Waals surface area (Å²) in [7, 11) is 3.27. The lowest BCUT2D eigenvalue weighted by Crippen LogP contribution is -2.20. The molecule has 0 aliphatic carbocycles. The molecule has 2 aromatic heterocycles. The normalized spacial score (nSPS) is 16.1. The first-order valence-electron chi connectivity index (χ1n) is 7.44. The largest absolute Gasteiger partial charge is 0.493 e. The fourth-order valence-corrected chi connectivity index (χ4v) is 3.49. The minimum Gasteiger partial charge on any atom is -0.493 e. The van der Waals surface area contributed by atoms with Crippen LogP contribution in [0.15, 0.2) is 48.1 Å². The second kappa shape index (κ2) is 6.01. The van der Waals surface area contributed by atoms with Gasteiger partial charge < -0.3 is 14.8 Å². The summed E-state index contributed by atoms with van der Waals surface area (Å²) in [6.07, 6.45) is 3.70. The van der Waals surface area contributed by atoms with Gasteiger partial charge >= 0.3 is 0 Å². The molecule has 1 N–H and O–H groups in total. The lowest BCUT2D eigenvalue weighted by Gasteiger charge is -2.24. The van der Waals surface area contributed by atoms with Crippen LogP contribution in [0.1, 0.15) is 16.5 Å². The molecular weight excluding hydrogens is 324 g/mol. The zero-order valence-corrected chi connectivity index (χ0v) is 14.1. The van der Waals surface area contributed by atoms with Crippen LogP contribution in [0.4, 0.5) is 5.95 Å². The number of thiophene rings is 1. The maximum Gasteiger partial charge on any atom is 0.226 e. The van der Waals surface area contributed by atoms with E-state index in [2.05, 4.69) is 32.9 Å². The van der Waals surface area contributed by atoms with Crippen LogP contribution in [0.5, 0.6) is 11.5 Å². The number of fused-ring (bicyclic) bond motifs is 1. The number of nitrogens with zero attached hydrogens (tertiary/aromatic N) is 3. The third-order valence-corrected chi connectivity index (χ3v) is 4.85. The Kier molecular flexibility index (Phi) is 3.70. The maximum absolute atomic E-state index is 5.43. The molecule has 0 radical (unpaired) electrons. The molecule has 0 fully saturated rings. The highest BCUT2D eigenvalue weighted by atomic mass is 32.1. The van der Waals surface area contributed by atoms with Crippen molar-refractivity contribution in [2.24, 2.45) is 0 Å². The minimum absolute atomic E-state index is 0.0688. The summed E-state index contributed by atoms with van der Waals surface area (Å²) in [5, 5.41) is 9.75. The van der Waals surface area contributed by atoms with Gasteiger partial charge in [0.25, 0.3) is 0 Å².